The number of rotatable bonds is 8. The fourth-order valence-electron chi connectivity index (χ4n) is 2.14. The minimum absolute atomic E-state index is 0.236. The Morgan fingerprint density at radius 2 is 2.22 bits per heavy atom. The molecule has 0 saturated carbocycles. The number of hydrogen-bond donors (Lipinski definition) is 2. The van der Waals surface area contributed by atoms with Crippen molar-refractivity contribution in [2.75, 3.05) is 5.75 Å². The van der Waals surface area contributed by atoms with Gasteiger partial charge in [-0.2, -0.15) is 0 Å². The molecule has 124 valence electrons. The molecule has 0 aliphatic carbocycles. The van der Waals surface area contributed by atoms with Crippen LogP contribution in [-0.4, -0.2) is 32.4 Å². The Hall–Kier alpha value is -1.50. The van der Waals surface area contributed by atoms with Gasteiger partial charge in [0.1, 0.15) is 6.04 Å². The van der Waals surface area contributed by atoms with Gasteiger partial charge < -0.3 is 15.4 Å². The second-order valence-corrected chi connectivity index (χ2v) is 6.68. The fourth-order valence-corrected chi connectivity index (χ4v) is 3.19. The second kappa shape index (κ2) is 8.38. The SMILES string of the molecule is CCCSc1ncc(CC(N)C(=O)O)n1Cc1ccccc1Cl. The summed E-state index contributed by atoms with van der Waals surface area (Å²) in [5.74, 6) is -0.0671. The third-order valence-electron chi connectivity index (χ3n) is 3.37. The van der Waals surface area contributed by atoms with Crippen molar-refractivity contribution in [1.82, 2.24) is 9.55 Å². The van der Waals surface area contributed by atoms with Crippen molar-refractivity contribution in [3.63, 3.8) is 0 Å². The van der Waals surface area contributed by atoms with E-state index in [9.17, 15) is 4.79 Å². The first-order chi connectivity index (χ1) is 11.0. The van der Waals surface area contributed by atoms with E-state index in [1.54, 1.807) is 18.0 Å². The van der Waals surface area contributed by atoms with Gasteiger partial charge in [0.05, 0.1) is 6.54 Å². The van der Waals surface area contributed by atoms with Crippen LogP contribution in [0.1, 0.15) is 24.6 Å². The number of imidazole rings is 1. The van der Waals surface area contributed by atoms with Crippen LogP contribution in [0, 0.1) is 0 Å². The minimum atomic E-state index is -1.02. The van der Waals surface area contributed by atoms with Gasteiger partial charge in [-0.05, 0) is 18.1 Å². The monoisotopic (exact) mass is 353 g/mol. The molecule has 0 amide bonds. The first-order valence-corrected chi connectivity index (χ1v) is 8.78. The molecule has 5 nitrogen and oxygen atoms in total. The van der Waals surface area contributed by atoms with E-state index in [-0.39, 0.29) is 6.42 Å². The van der Waals surface area contributed by atoms with Crippen LogP contribution in [0.15, 0.2) is 35.6 Å². The minimum Gasteiger partial charge on any atom is -0.480 e. The molecule has 3 N–H and O–H groups in total. The number of carboxylic acids is 1. The molecule has 2 aromatic rings. The number of thioether (sulfide) groups is 1. The van der Waals surface area contributed by atoms with Crippen LogP contribution >= 0.6 is 23.4 Å². The molecular formula is C16H20ClN3O2S. The molecule has 1 unspecified atom stereocenters. The van der Waals surface area contributed by atoms with Crippen molar-refractivity contribution in [3.8, 4) is 0 Å². The van der Waals surface area contributed by atoms with Gasteiger partial charge in [0.15, 0.2) is 5.16 Å². The van der Waals surface area contributed by atoms with Gasteiger partial charge in [-0.25, -0.2) is 4.98 Å². The summed E-state index contributed by atoms with van der Waals surface area (Å²) in [7, 11) is 0. The lowest BCUT2D eigenvalue weighted by Crippen LogP contribution is -2.33. The van der Waals surface area contributed by atoms with E-state index < -0.39 is 12.0 Å². The van der Waals surface area contributed by atoms with Crippen LogP contribution in [0.5, 0.6) is 0 Å². The first-order valence-electron chi connectivity index (χ1n) is 7.42. The molecule has 0 radical (unpaired) electrons. The quantitative estimate of drug-likeness (QED) is 0.713. The molecule has 0 fully saturated rings. The number of carbonyl (C=O) groups is 1. The van der Waals surface area contributed by atoms with Gasteiger partial charge in [-0.15, -0.1) is 0 Å². The highest BCUT2D eigenvalue weighted by molar-refractivity contribution is 7.99. The number of aliphatic carboxylic acids is 1. The topological polar surface area (TPSA) is 81.1 Å². The molecule has 0 saturated heterocycles. The summed E-state index contributed by atoms with van der Waals surface area (Å²) in [6.45, 7) is 2.66. The summed E-state index contributed by atoms with van der Waals surface area (Å²) in [5, 5.41) is 10.6. The molecule has 2 rings (SSSR count). The molecule has 7 heteroatoms. The number of aromatic nitrogens is 2. The van der Waals surface area contributed by atoms with Gasteiger partial charge >= 0.3 is 5.97 Å². The lowest BCUT2D eigenvalue weighted by atomic mass is 10.1. The fraction of sp³-hybridized carbons (Fsp3) is 0.375. The largest absolute Gasteiger partial charge is 0.480 e. The Bertz CT molecular complexity index is 675. The number of nitrogens with two attached hydrogens (primary N) is 1. The van der Waals surface area contributed by atoms with Gasteiger partial charge in [0, 0.05) is 29.1 Å². The molecule has 1 aromatic heterocycles. The van der Waals surface area contributed by atoms with Gasteiger partial charge in [0.2, 0.25) is 0 Å². The smallest absolute Gasteiger partial charge is 0.320 e. The molecule has 1 heterocycles. The van der Waals surface area contributed by atoms with Crippen LogP contribution in [0.4, 0.5) is 0 Å². The zero-order valence-electron chi connectivity index (χ0n) is 12.9. The highest BCUT2D eigenvalue weighted by Gasteiger charge is 2.18. The molecule has 1 aromatic carbocycles. The van der Waals surface area contributed by atoms with Crippen LogP contribution in [-0.2, 0) is 17.8 Å². The zero-order valence-corrected chi connectivity index (χ0v) is 14.5. The average molecular weight is 354 g/mol. The van der Waals surface area contributed by atoms with E-state index in [1.165, 1.54) is 0 Å². The van der Waals surface area contributed by atoms with Crippen LogP contribution in [0.3, 0.4) is 0 Å². The first kappa shape index (κ1) is 17.8. The number of nitrogens with zero attached hydrogens (tertiary/aromatic N) is 2. The molecule has 0 bridgehead atoms. The van der Waals surface area contributed by atoms with E-state index in [0.29, 0.717) is 11.6 Å². The van der Waals surface area contributed by atoms with Crippen LogP contribution in [0.25, 0.3) is 0 Å². The second-order valence-electron chi connectivity index (χ2n) is 5.21. The van der Waals surface area contributed by atoms with Crippen molar-refractivity contribution < 1.29 is 9.90 Å². The average Bonchev–Trinajstić information content (AvgIpc) is 2.89. The molecule has 0 aliphatic heterocycles. The zero-order chi connectivity index (χ0) is 16.8. The van der Waals surface area contributed by atoms with Crippen LogP contribution < -0.4 is 5.73 Å². The van der Waals surface area contributed by atoms with E-state index in [0.717, 1.165) is 28.6 Å². The lowest BCUT2D eigenvalue weighted by molar-refractivity contribution is -0.138. The van der Waals surface area contributed by atoms with E-state index in [1.807, 2.05) is 28.8 Å². The highest BCUT2D eigenvalue weighted by atomic mass is 35.5. The number of carboxylic acid groups (broad SMARTS) is 1. The Balaban J connectivity index is 2.30. The maximum absolute atomic E-state index is 11.0. The van der Waals surface area contributed by atoms with E-state index in [4.69, 9.17) is 22.4 Å². The molecule has 1 atom stereocenters. The lowest BCUT2D eigenvalue weighted by Gasteiger charge is -2.14. The molecule has 23 heavy (non-hydrogen) atoms. The maximum Gasteiger partial charge on any atom is 0.320 e. The van der Waals surface area contributed by atoms with Crippen molar-refractivity contribution >= 4 is 29.3 Å². The molecule has 0 aliphatic rings. The summed E-state index contributed by atoms with van der Waals surface area (Å²) in [4.78, 5) is 15.5. The third kappa shape index (κ3) is 4.73. The normalized spacial score (nSPS) is 12.3. The Morgan fingerprint density at radius 1 is 1.48 bits per heavy atom. The number of benzene rings is 1. The maximum atomic E-state index is 11.0. The van der Waals surface area contributed by atoms with Gasteiger partial charge in [0.25, 0.3) is 0 Å². The van der Waals surface area contributed by atoms with Crippen molar-refractivity contribution in [2.45, 2.75) is 37.5 Å². The van der Waals surface area contributed by atoms with Gasteiger partial charge in [-0.1, -0.05) is 48.5 Å². The van der Waals surface area contributed by atoms with Gasteiger partial charge in [-0.3, -0.25) is 4.79 Å². The Labute approximate surface area is 144 Å². The standard InChI is InChI=1S/C16H20ClN3O2S/c1-2-7-23-16-19-9-12(8-14(18)15(21)22)20(16)10-11-5-3-4-6-13(11)17/h3-6,9,14H,2,7-8,10,18H2,1H3,(H,21,22). The summed E-state index contributed by atoms with van der Waals surface area (Å²) in [6, 6.07) is 6.67. The summed E-state index contributed by atoms with van der Waals surface area (Å²) >= 11 is 7.90. The Morgan fingerprint density at radius 3 is 2.87 bits per heavy atom. The Kier molecular flexibility index (Phi) is 6.50. The van der Waals surface area contributed by atoms with Crippen molar-refractivity contribution in [2.24, 2.45) is 5.73 Å². The van der Waals surface area contributed by atoms with E-state index >= 15 is 0 Å². The number of halogens is 1. The third-order valence-corrected chi connectivity index (χ3v) is 4.93. The summed E-state index contributed by atoms with van der Waals surface area (Å²) in [6.07, 6.45) is 2.98. The predicted molar refractivity (Wildman–Crippen MR) is 93.1 cm³/mol. The predicted octanol–water partition coefficient (Wildman–Crippen LogP) is 3.04. The molecule has 0 spiro atoms. The van der Waals surface area contributed by atoms with Crippen LogP contribution in [0.2, 0.25) is 5.02 Å². The highest BCUT2D eigenvalue weighted by Crippen LogP contribution is 2.24. The summed E-state index contributed by atoms with van der Waals surface area (Å²) in [5.41, 5.74) is 7.45. The molecular weight excluding hydrogens is 334 g/mol. The van der Waals surface area contributed by atoms with E-state index in [2.05, 4.69) is 11.9 Å². The summed E-state index contributed by atoms with van der Waals surface area (Å²) < 4.78 is 2.00. The van der Waals surface area contributed by atoms with Crippen molar-refractivity contribution in [3.05, 3.63) is 46.7 Å². The number of hydrogen-bond acceptors (Lipinski definition) is 4. The van der Waals surface area contributed by atoms with Crippen molar-refractivity contribution in [1.29, 1.82) is 0 Å².